The lowest BCUT2D eigenvalue weighted by atomic mass is 10.8. The minimum Gasteiger partial charge on any atom is -0.372 e. The Balaban J connectivity index is 2.16. The molecule has 0 radical (unpaired) electrons. The van der Waals surface area contributed by atoms with Crippen LogP contribution in [0.3, 0.4) is 0 Å². The molecule has 0 bridgehead atoms. The fourth-order valence-electron chi connectivity index (χ4n) is 0.635. The van der Waals surface area contributed by atoms with E-state index >= 15 is 0 Å². The van der Waals surface area contributed by atoms with Crippen LogP contribution in [0, 0.1) is 0 Å². The Labute approximate surface area is 48.9 Å². The molecule has 0 saturated heterocycles. The van der Waals surface area contributed by atoms with Gasteiger partial charge in [0.2, 0.25) is 0 Å². The Kier molecular flexibility index (Phi) is 1.75. The number of nitrogens with zero attached hydrogens (tertiary/aromatic N) is 1. The molecule has 0 aromatic carbocycles. The van der Waals surface area contributed by atoms with Crippen LogP contribution in [0.4, 0.5) is 0 Å². The minimum atomic E-state index is 0.670. The molecule has 1 aliphatic heterocycles. The molecule has 3 nitrogen and oxygen atoms in total. The summed E-state index contributed by atoms with van der Waals surface area (Å²) in [6.45, 7) is 1.54. The summed E-state index contributed by atoms with van der Waals surface area (Å²) in [5.74, 6) is 0. The number of nitrogens with one attached hydrogen (secondary N) is 1. The summed E-state index contributed by atoms with van der Waals surface area (Å²) in [7, 11) is 1.69. The van der Waals surface area contributed by atoms with Crippen molar-refractivity contribution in [3.05, 3.63) is 12.4 Å². The van der Waals surface area contributed by atoms with Gasteiger partial charge in [0.1, 0.15) is 6.73 Å². The lowest BCUT2D eigenvalue weighted by Crippen LogP contribution is -2.22. The molecule has 0 atom stereocenters. The molecule has 0 spiro atoms. The van der Waals surface area contributed by atoms with Gasteiger partial charge in [-0.1, -0.05) is 0 Å². The molecule has 46 valence electrons. The first kappa shape index (κ1) is 5.44. The van der Waals surface area contributed by atoms with E-state index in [-0.39, 0.29) is 0 Å². The Bertz CT molecular complexity index is 92.4. The summed E-state index contributed by atoms with van der Waals surface area (Å²) in [4.78, 5) is 2.03. The zero-order valence-electron chi connectivity index (χ0n) is 4.92. The maximum atomic E-state index is 4.86. The van der Waals surface area contributed by atoms with Gasteiger partial charge < -0.3 is 15.0 Å². The van der Waals surface area contributed by atoms with E-state index in [1.165, 1.54) is 0 Å². The normalized spacial score (nSPS) is 16.9. The first-order valence-electron chi connectivity index (χ1n) is 2.56. The van der Waals surface area contributed by atoms with Crippen molar-refractivity contribution >= 4 is 0 Å². The third kappa shape index (κ3) is 1.13. The average molecular weight is 114 g/mol. The van der Waals surface area contributed by atoms with E-state index in [0.29, 0.717) is 6.73 Å². The molecule has 1 aliphatic rings. The van der Waals surface area contributed by atoms with E-state index in [1.54, 1.807) is 7.11 Å². The highest BCUT2D eigenvalue weighted by molar-refractivity contribution is 4.85. The quantitative estimate of drug-likeness (QED) is 0.543. The Hall–Kier alpha value is -0.700. The van der Waals surface area contributed by atoms with Gasteiger partial charge in [0.15, 0.2) is 0 Å². The topological polar surface area (TPSA) is 24.5 Å². The monoisotopic (exact) mass is 114 g/mol. The molecule has 0 saturated carbocycles. The first-order chi connectivity index (χ1) is 3.93. The van der Waals surface area contributed by atoms with Crippen molar-refractivity contribution in [2.24, 2.45) is 0 Å². The van der Waals surface area contributed by atoms with E-state index in [0.717, 1.165) is 6.67 Å². The van der Waals surface area contributed by atoms with Crippen LogP contribution in [-0.4, -0.2) is 25.4 Å². The summed E-state index contributed by atoms with van der Waals surface area (Å²) in [5.41, 5.74) is 0. The molecule has 0 fully saturated rings. The molecule has 0 aromatic heterocycles. The zero-order chi connectivity index (χ0) is 5.82. The van der Waals surface area contributed by atoms with Gasteiger partial charge in [0, 0.05) is 19.5 Å². The molecule has 0 amide bonds. The molecule has 3 heteroatoms. The SMILES string of the molecule is COCN1C=CNC1. The van der Waals surface area contributed by atoms with Crippen LogP contribution in [-0.2, 0) is 4.74 Å². The molecule has 1 N–H and O–H groups in total. The van der Waals surface area contributed by atoms with Crippen LogP contribution >= 0.6 is 0 Å². The highest BCUT2D eigenvalue weighted by Gasteiger charge is 1.98. The molecular formula is C5H10N2O. The highest BCUT2D eigenvalue weighted by atomic mass is 16.5. The van der Waals surface area contributed by atoms with Gasteiger partial charge in [-0.3, -0.25) is 0 Å². The van der Waals surface area contributed by atoms with Crippen LogP contribution in [0.15, 0.2) is 12.4 Å². The van der Waals surface area contributed by atoms with Gasteiger partial charge in [-0.25, -0.2) is 0 Å². The van der Waals surface area contributed by atoms with E-state index in [9.17, 15) is 0 Å². The second-order valence-corrected chi connectivity index (χ2v) is 1.68. The van der Waals surface area contributed by atoms with E-state index in [4.69, 9.17) is 4.74 Å². The largest absolute Gasteiger partial charge is 0.372 e. The van der Waals surface area contributed by atoms with Crippen molar-refractivity contribution in [1.29, 1.82) is 0 Å². The van der Waals surface area contributed by atoms with Crippen LogP contribution in [0.2, 0.25) is 0 Å². The zero-order valence-corrected chi connectivity index (χ0v) is 4.92. The van der Waals surface area contributed by atoms with Crippen molar-refractivity contribution in [2.75, 3.05) is 20.5 Å². The van der Waals surface area contributed by atoms with Crippen molar-refractivity contribution in [3.63, 3.8) is 0 Å². The third-order valence-corrected chi connectivity index (χ3v) is 0.993. The number of rotatable bonds is 2. The molecule has 1 rings (SSSR count). The molecule has 0 aliphatic carbocycles. The summed E-state index contributed by atoms with van der Waals surface area (Å²) in [5, 5.41) is 3.02. The maximum Gasteiger partial charge on any atom is 0.119 e. The fraction of sp³-hybridized carbons (Fsp3) is 0.600. The Morgan fingerprint density at radius 2 is 2.75 bits per heavy atom. The van der Waals surface area contributed by atoms with Gasteiger partial charge in [-0.05, 0) is 0 Å². The van der Waals surface area contributed by atoms with Crippen molar-refractivity contribution in [3.8, 4) is 0 Å². The molecular weight excluding hydrogens is 104 g/mol. The summed E-state index contributed by atoms with van der Waals surface area (Å²) in [6, 6.07) is 0. The molecule has 0 unspecified atom stereocenters. The van der Waals surface area contributed by atoms with Crippen molar-refractivity contribution < 1.29 is 4.74 Å². The summed E-state index contributed by atoms with van der Waals surface area (Å²) < 4.78 is 4.86. The predicted octanol–water partition coefficient (Wildman–Crippen LogP) is -0.0758. The average Bonchev–Trinajstić information content (AvgIpc) is 2.19. The van der Waals surface area contributed by atoms with Crippen LogP contribution < -0.4 is 5.32 Å². The van der Waals surface area contributed by atoms with Crippen LogP contribution in [0.25, 0.3) is 0 Å². The van der Waals surface area contributed by atoms with E-state index in [1.807, 2.05) is 17.3 Å². The van der Waals surface area contributed by atoms with Gasteiger partial charge in [0.05, 0.1) is 6.67 Å². The van der Waals surface area contributed by atoms with Crippen molar-refractivity contribution in [2.45, 2.75) is 0 Å². The number of hydrogen-bond acceptors (Lipinski definition) is 3. The van der Waals surface area contributed by atoms with Crippen molar-refractivity contribution in [1.82, 2.24) is 10.2 Å². The van der Waals surface area contributed by atoms with Gasteiger partial charge in [-0.2, -0.15) is 0 Å². The Morgan fingerprint density at radius 1 is 1.88 bits per heavy atom. The van der Waals surface area contributed by atoms with Gasteiger partial charge >= 0.3 is 0 Å². The van der Waals surface area contributed by atoms with Gasteiger partial charge in [-0.15, -0.1) is 0 Å². The number of ether oxygens (including phenoxy) is 1. The van der Waals surface area contributed by atoms with Crippen LogP contribution in [0.1, 0.15) is 0 Å². The summed E-state index contributed by atoms with van der Waals surface area (Å²) in [6.07, 6.45) is 3.86. The number of hydrogen-bond donors (Lipinski definition) is 1. The van der Waals surface area contributed by atoms with Crippen LogP contribution in [0.5, 0.6) is 0 Å². The van der Waals surface area contributed by atoms with E-state index < -0.39 is 0 Å². The minimum absolute atomic E-state index is 0.670. The standard InChI is InChI=1S/C5H10N2O/c1-8-5-7-3-2-6-4-7/h2-3,6H,4-5H2,1H3. The second-order valence-electron chi connectivity index (χ2n) is 1.68. The third-order valence-electron chi connectivity index (χ3n) is 0.993. The molecule has 1 heterocycles. The summed E-state index contributed by atoms with van der Waals surface area (Å²) >= 11 is 0. The molecule has 0 aromatic rings. The maximum absolute atomic E-state index is 4.86. The van der Waals surface area contributed by atoms with Gasteiger partial charge in [0.25, 0.3) is 0 Å². The highest BCUT2D eigenvalue weighted by Crippen LogP contribution is 1.91. The van der Waals surface area contributed by atoms with E-state index in [2.05, 4.69) is 5.32 Å². The Morgan fingerprint density at radius 3 is 3.25 bits per heavy atom. The molecule has 8 heavy (non-hydrogen) atoms. The fourth-order valence-corrected chi connectivity index (χ4v) is 0.635. The first-order valence-corrected chi connectivity index (χ1v) is 2.56. The lowest BCUT2D eigenvalue weighted by Gasteiger charge is -2.11. The number of methoxy groups -OCH3 is 1. The smallest absolute Gasteiger partial charge is 0.119 e. The predicted molar refractivity (Wildman–Crippen MR) is 30.9 cm³/mol. The second kappa shape index (κ2) is 2.57. The lowest BCUT2D eigenvalue weighted by molar-refractivity contribution is 0.0995.